The van der Waals surface area contributed by atoms with Crippen molar-refractivity contribution in [3.05, 3.63) is 65.7 Å². The number of likely N-dealkylation sites (tertiary alicyclic amines) is 1. The first-order valence-electron chi connectivity index (χ1n) is 10.8. The molecule has 0 aromatic heterocycles. The van der Waals surface area contributed by atoms with Gasteiger partial charge in [0.05, 0.1) is 6.10 Å². The van der Waals surface area contributed by atoms with Gasteiger partial charge >= 0.3 is 0 Å². The van der Waals surface area contributed by atoms with Gasteiger partial charge in [-0.15, -0.1) is 35.7 Å². The lowest BCUT2D eigenvalue weighted by Crippen LogP contribution is -2.39. The first kappa shape index (κ1) is 26.0. The number of piperidine rings is 1. The summed E-state index contributed by atoms with van der Waals surface area (Å²) in [5.41, 5.74) is 2.56. The van der Waals surface area contributed by atoms with E-state index in [0.29, 0.717) is 5.25 Å². The van der Waals surface area contributed by atoms with Gasteiger partial charge in [0.1, 0.15) is 0 Å². The number of halogens is 1. The Hall–Kier alpha value is -1.29. The Morgan fingerprint density at radius 3 is 2.35 bits per heavy atom. The second-order valence-electron chi connectivity index (χ2n) is 7.87. The van der Waals surface area contributed by atoms with Crippen LogP contribution in [0.15, 0.2) is 64.5 Å². The predicted molar refractivity (Wildman–Crippen MR) is 142 cm³/mol. The van der Waals surface area contributed by atoms with Crippen molar-refractivity contribution in [1.82, 2.24) is 15.5 Å². The predicted octanol–water partition coefficient (Wildman–Crippen LogP) is 4.11. The first-order valence-corrected chi connectivity index (χ1v) is 11.6. The molecule has 2 aromatic carbocycles. The van der Waals surface area contributed by atoms with Crippen molar-refractivity contribution in [1.29, 1.82) is 0 Å². The van der Waals surface area contributed by atoms with Crippen molar-refractivity contribution in [3.8, 4) is 0 Å². The van der Waals surface area contributed by atoms with Crippen LogP contribution in [0.1, 0.15) is 30.9 Å². The van der Waals surface area contributed by atoms with Crippen LogP contribution in [0.5, 0.6) is 0 Å². The largest absolute Gasteiger partial charge is 0.393 e. The van der Waals surface area contributed by atoms with Crippen LogP contribution >= 0.6 is 35.7 Å². The van der Waals surface area contributed by atoms with E-state index in [4.69, 9.17) is 0 Å². The molecule has 0 aliphatic carbocycles. The monoisotopic (exact) mass is 554 g/mol. The summed E-state index contributed by atoms with van der Waals surface area (Å²) in [6.07, 6.45) is 1.66. The number of aliphatic imine (C=N–C) groups is 1. The standard InChI is InChI=1S/C24H34N4OS.HI/c1-19(30-23-6-4-3-5-7-23)16-26-24(25-2)27-17-20-8-10-21(11-9-20)18-28-14-12-22(29)13-15-28;/h3-11,19,22,29H,12-18H2,1-2H3,(H2,25,26,27);1H. The van der Waals surface area contributed by atoms with Crippen LogP contribution in [0, 0.1) is 0 Å². The third-order valence-electron chi connectivity index (χ3n) is 5.31. The summed E-state index contributed by atoms with van der Waals surface area (Å²) in [5.74, 6) is 0.825. The molecule has 1 heterocycles. The number of benzene rings is 2. The molecular weight excluding hydrogens is 519 g/mol. The van der Waals surface area contributed by atoms with Gasteiger partial charge in [0, 0.05) is 49.9 Å². The molecule has 1 aliphatic rings. The van der Waals surface area contributed by atoms with Crippen LogP contribution in [-0.2, 0) is 13.1 Å². The number of thioether (sulfide) groups is 1. The van der Waals surface area contributed by atoms with Crippen molar-refractivity contribution in [3.63, 3.8) is 0 Å². The molecule has 1 fully saturated rings. The molecule has 0 saturated carbocycles. The van der Waals surface area contributed by atoms with E-state index in [-0.39, 0.29) is 30.1 Å². The van der Waals surface area contributed by atoms with E-state index in [1.807, 2.05) is 24.9 Å². The molecule has 7 heteroatoms. The fourth-order valence-electron chi connectivity index (χ4n) is 3.52. The SMILES string of the molecule is CN=C(NCc1ccc(CN2CCC(O)CC2)cc1)NCC(C)Sc1ccccc1.I. The van der Waals surface area contributed by atoms with Crippen LogP contribution in [0.25, 0.3) is 0 Å². The molecular formula is C24H35IN4OS. The Morgan fingerprint density at radius 2 is 1.71 bits per heavy atom. The Bertz CT molecular complexity index is 780. The van der Waals surface area contributed by atoms with E-state index in [9.17, 15) is 5.11 Å². The maximum absolute atomic E-state index is 9.64. The zero-order valence-corrected chi connectivity index (χ0v) is 21.6. The molecule has 0 amide bonds. The molecule has 1 atom stereocenters. The van der Waals surface area contributed by atoms with E-state index >= 15 is 0 Å². The Kier molecular flexibility index (Phi) is 11.7. The summed E-state index contributed by atoms with van der Waals surface area (Å²) in [7, 11) is 1.81. The van der Waals surface area contributed by atoms with E-state index in [0.717, 1.165) is 51.5 Å². The summed E-state index contributed by atoms with van der Waals surface area (Å²) in [6.45, 7) is 6.74. The molecule has 3 N–H and O–H groups in total. The van der Waals surface area contributed by atoms with E-state index in [1.165, 1.54) is 16.0 Å². The Labute approximate surface area is 208 Å². The molecule has 1 aliphatic heterocycles. The molecule has 2 aromatic rings. The molecule has 1 unspecified atom stereocenters. The molecule has 1 saturated heterocycles. The number of nitrogens with zero attached hydrogens (tertiary/aromatic N) is 2. The molecule has 31 heavy (non-hydrogen) atoms. The van der Waals surface area contributed by atoms with Gasteiger partial charge in [-0.25, -0.2) is 0 Å². The van der Waals surface area contributed by atoms with Gasteiger partial charge in [0.25, 0.3) is 0 Å². The van der Waals surface area contributed by atoms with Gasteiger partial charge in [-0.3, -0.25) is 9.89 Å². The van der Waals surface area contributed by atoms with Gasteiger partial charge in [0.2, 0.25) is 0 Å². The smallest absolute Gasteiger partial charge is 0.191 e. The minimum absolute atomic E-state index is 0. The van der Waals surface area contributed by atoms with Crippen molar-refractivity contribution in [2.75, 3.05) is 26.7 Å². The molecule has 0 spiro atoms. The van der Waals surface area contributed by atoms with Gasteiger partial charge in [0.15, 0.2) is 5.96 Å². The summed E-state index contributed by atoms with van der Waals surface area (Å²) in [4.78, 5) is 8.05. The molecule has 170 valence electrons. The lowest BCUT2D eigenvalue weighted by Gasteiger charge is -2.29. The van der Waals surface area contributed by atoms with Gasteiger partial charge in [-0.1, -0.05) is 49.4 Å². The number of aliphatic hydroxyl groups excluding tert-OH is 1. The molecule has 3 rings (SSSR count). The molecule has 0 radical (unpaired) electrons. The minimum Gasteiger partial charge on any atom is -0.393 e. The normalized spacial score (nSPS) is 16.4. The second-order valence-corrected chi connectivity index (χ2v) is 9.38. The number of hydrogen-bond donors (Lipinski definition) is 3. The maximum Gasteiger partial charge on any atom is 0.191 e. The average molecular weight is 555 g/mol. The fourth-order valence-corrected chi connectivity index (χ4v) is 4.46. The topological polar surface area (TPSA) is 59.9 Å². The van der Waals surface area contributed by atoms with Crippen molar-refractivity contribution < 1.29 is 5.11 Å². The van der Waals surface area contributed by atoms with Crippen LogP contribution < -0.4 is 10.6 Å². The molecule has 0 bridgehead atoms. The summed E-state index contributed by atoms with van der Waals surface area (Å²) < 4.78 is 0. The van der Waals surface area contributed by atoms with E-state index in [1.54, 1.807) is 0 Å². The number of nitrogens with one attached hydrogen (secondary N) is 2. The zero-order chi connectivity index (χ0) is 21.2. The fraction of sp³-hybridized carbons (Fsp3) is 0.458. The number of guanidine groups is 1. The highest BCUT2D eigenvalue weighted by Crippen LogP contribution is 2.21. The Balaban J connectivity index is 0.00000341. The van der Waals surface area contributed by atoms with Crippen LogP contribution in [0.2, 0.25) is 0 Å². The summed E-state index contributed by atoms with van der Waals surface area (Å²) in [5, 5.41) is 16.9. The highest BCUT2D eigenvalue weighted by Gasteiger charge is 2.16. The number of hydrogen-bond acceptors (Lipinski definition) is 4. The summed E-state index contributed by atoms with van der Waals surface area (Å²) >= 11 is 1.86. The average Bonchev–Trinajstić information content (AvgIpc) is 2.77. The lowest BCUT2D eigenvalue weighted by atomic mass is 10.1. The van der Waals surface area contributed by atoms with E-state index in [2.05, 4.69) is 76.0 Å². The van der Waals surface area contributed by atoms with Crippen molar-refractivity contribution >= 4 is 41.7 Å². The highest BCUT2D eigenvalue weighted by atomic mass is 127. The quantitative estimate of drug-likeness (QED) is 0.199. The summed E-state index contributed by atoms with van der Waals surface area (Å²) in [6, 6.07) is 19.3. The van der Waals surface area contributed by atoms with Crippen molar-refractivity contribution in [2.24, 2.45) is 4.99 Å². The second kappa shape index (κ2) is 14.0. The van der Waals surface area contributed by atoms with Crippen LogP contribution in [0.4, 0.5) is 0 Å². The van der Waals surface area contributed by atoms with E-state index < -0.39 is 0 Å². The van der Waals surface area contributed by atoms with Crippen LogP contribution in [-0.4, -0.2) is 54.0 Å². The van der Waals surface area contributed by atoms with Gasteiger partial charge in [-0.05, 0) is 36.1 Å². The first-order chi connectivity index (χ1) is 14.6. The molecule has 5 nitrogen and oxygen atoms in total. The third kappa shape index (κ3) is 9.39. The zero-order valence-electron chi connectivity index (χ0n) is 18.5. The van der Waals surface area contributed by atoms with Gasteiger partial charge < -0.3 is 15.7 Å². The van der Waals surface area contributed by atoms with Crippen molar-refractivity contribution in [2.45, 2.75) is 49.1 Å². The lowest BCUT2D eigenvalue weighted by molar-refractivity contribution is 0.0792. The maximum atomic E-state index is 9.64. The number of rotatable bonds is 8. The van der Waals surface area contributed by atoms with Gasteiger partial charge in [-0.2, -0.15) is 0 Å². The Morgan fingerprint density at radius 1 is 1.06 bits per heavy atom. The van der Waals surface area contributed by atoms with Crippen LogP contribution in [0.3, 0.4) is 0 Å². The third-order valence-corrected chi connectivity index (χ3v) is 6.42. The number of aliphatic hydroxyl groups is 1. The minimum atomic E-state index is -0.113. The highest BCUT2D eigenvalue weighted by molar-refractivity contribution is 14.0.